The van der Waals surface area contributed by atoms with Crippen LogP contribution in [0.25, 0.3) is 0 Å². The van der Waals surface area contributed by atoms with Crippen LogP contribution < -0.4 is 5.32 Å². The predicted octanol–water partition coefficient (Wildman–Crippen LogP) is 0.531. The van der Waals surface area contributed by atoms with E-state index in [0.29, 0.717) is 5.92 Å². The number of nitrogens with zero attached hydrogens (tertiary/aromatic N) is 4. The molecule has 0 amide bonds. The molecule has 0 bridgehead atoms. The fourth-order valence-electron chi connectivity index (χ4n) is 1.56. The standard InChI is InChI=1S/C10H19N5/c1-8(7-11-9-4-5-9)3-6-10-12-14-15(2)13-10/h8-9,11H,3-7H2,1-2H3. The van der Waals surface area contributed by atoms with Gasteiger partial charge in [-0.05, 0) is 36.9 Å². The van der Waals surface area contributed by atoms with E-state index in [9.17, 15) is 0 Å². The zero-order valence-corrected chi connectivity index (χ0v) is 9.48. The number of aromatic nitrogens is 4. The van der Waals surface area contributed by atoms with Gasteiger partial charge in [-0.2, -0.15) is 4.80 Å². The van der Waals surface area contributed by atoms with E-state index < -0.39 is 0 Å². The third-order valence-electron chi connectivity index (χ3n) is 2.74. The largest absolute Gasteiger partial charge is 0.314 e. The van der Waals surface area contributed by atoms with Crippen LogP contribution in [0.4, 0.5) is 0 Å². The molecule has 1 N–H and O–H groups in total. The van der Waals surface area contributed by atoms with Crippen LogP contribution in [0, 0.1) is 5.92 Å². The molecule has 1 saturated carbocycles. The van der Waals surface area contributed by atoms with Gasteiger partial charge in [0.15, 0.2) is 5.82 Å². The molecule has 1 atom stereocenters. The first-order valence-electron chi connectivity index (χ1n) is 5.70. The zero-order valence-electron chi connectivity index (χ0n) is 9.48. The van der Waals surface area contributed by atoms with E-state index in [1.54, 1.807) is 7.05 Å². The minimum Gasteiger partial charge on any atom is -0.314 e. The Balaban J connectivity index is 1.63. The zero-order chi connectivity index (χ0) is 10.7. The highest BCUT2D eigenvalue weighted by atomic mass is 15.6. The molecule has 1 aliphatic rings. The Kier molecular flexibility index (Phi) is 3.30. The van der Waals surface area contributed by atoms with Gasteiger partial charge < -0.3 is 5.32 Å². The maximum Gasteiger partial charge on any atom is 0.174 e. The van der Waals surface area contributed by atoms with Gasteiger partial charge in [0.25, 0.3) is 0 Å². The van der Waals surface area contributed by atoms with Gasteiger partial charge in [-0.15, -0.1) is 10.2 Å². The number of aryl methyl sites for hydroxylation is 2. The molecule has 1 fully saturated rings. The monoisotopic (exact) mass is 209 g/mol. The molecular weight excluding hydrogens is 190 g/mol. The summed E-state index contributed by atoms with van der Waals surface area (Å²) in [6, 6.07) is 0.807. The van der Waals surface area contributed by atoms with Crippen molar-refractivity contribution in [3.8, 4) is 0 Å². The molecule has 0 spiro atoms. The van der Waals surface area contributed by atoms with E-state index in [2.05, 4.69) is 27.7 Å². The fraction of sp³-hybridized carbons (Fsp3) is 0.900. The first-order valence-corrected chi connectivity index (χ1v) is 5.70. The van der Waals surface area contributed by atoms with Crippen molar-refractivity contribution in [2.75, 3.05) is 6.54 Å². The third kappa shape index (κ3) is 3.58. The van der Waals surface area contributed by atoms with Gasteiger partial charge in [0.05, 0.1) is 7.05 Å². The van der Waals surface area contributed by atoms with E-state index in [0.717, 1.165) is 31.3 Å². The van der Waals surface area contributed by atoms with E-state index in [1.165, 1.54) is 17.6 Å². The van der Waals surface area contributed by atoms with Gasteiger partial charge in [-0.1, -0.05) is 6.92 Å². The maximum atomic E-state index is 4.16. The lowest BCUT2D eigenvalue weighted by Gasteiger charge is -2.10. The third-order valence-corrected chi connectivity index (χ3v) is 2.74. The minimum atomic E-state index is 0.689. The van der Waals surface area contributed by atoms with E-state index in [4.69, 9.17) is 0 Å². The molecule has 1 heterocycles. The number of tetrazole rings is 1. The van der Waals surface area contributed by atoms with Crippen LogP contribution in [0.1, 0.15) is 32.0 Å². The first kappa shape index (κ1) is 10.5. The summed E-state index contributed by atoms with van der Waals surface area (Å²) in [5, 5.41) is 15.5. The van der Waals surface area contributed by atoms with Gasteiger partial charge >= 0.3 is 0 Å². The van der Waals surface area contributed by atoms with E-state index in [-0.39, 0.29) is 0 Å². The SMILES string of the molecule is CC(CCc1nnn(C)n1)CNC1CC1. The summed E-state index contributed by atoms with van der Waals surface area (Å²) in [4.78, 5) is 1.52. The molecule has 2 rings (SSSR count). The highest BCUT2D eigenvalue weighted by Crippen LogP contribution is 2.19. The Morgan fingerprint density at radius 2 is 2.33 bits per heavy atom. The lowest BCUT2D eigenvalue weighted by molar-refractivity contribution is 0.474. The highest BCUT2D eigenvalue weighted by molar-refractivity contribution is 4.82. The molecule has 1 aliphatic carbocycles. The molecule has 84 valence electrons. The molecule has 1 aromatic heterocycles. The van der Waals surface area contributed by atoms with Crippen LogP contribution in [-0.4, -0.2) is 32.8 Å². The summed E-state index contributed by atoms with van der Waals surface area (Å²) in [7, 11) is 1.80. The highest BCUT2D eigenvalue weighted by Gasteiger charge is 2.20. The van der Waals surface area contributed by atoms with Crippen molar-refractivity contribution in [1.82, 2.24) is 25.5 Å². The van der Waals surface area contributed by atoms with Crippen LogP contribution in [0.15, 0.2) is 0 Å². The normalized spacial score (nSPS) is 18.0. The second-order valence-electron chi connectivity index (χ2n) is 4.52. The Labute approximate surface area is 90.2 Å². The van der Waals surface area contributed by atoms with Gasteiger partial charge in [0.2, 0.25) is 0 Å². The van der Waals surface area contributed by atoms with Gasteiger partial charge in [0, 0.05) is 12.5 Å². The van der Waals surface area contributed by atoms with E-state index in [1.807, 2.05) is 0 Å². The number of hydrogen-bond acceptors (Lipinski definition) is 4. The Bertz CT molecular complexity index is 305. The molecule has 0 radical (unpaired) electrons. The average molecular weight is 209 g/mol. The van der Waals surface area contributed by atoms with Gasteiger partial charge in [-0.25, -0.2) is 0 Å². The summed E-state index contributed by atoms with van der Waals surface area (Å²) in [6.45, 7) is 3.39. The summed E-state index contributed by atoms with van der Waals surface area (Å²) in [5.41, 5.74) is 0. The molecule has 0 saturated heterocycles. The minimum absolute atomic E-state index is 0.689. The van der Waals surface area contributed by atoms with Crippen LogP contribution in [-0.2, 0) is 13.5 Å². The molecule has 5 heteroatoms. The van der Waals surface area contributed by atoms with Gasteiger partial charge in [-0.3, -0.25) is 0 Å². The number of nitrogens with one attached hydrogen (secondary N) is 1. The summed E-state index contributed by atoms with van der Waals surface area (Å²) >= 11 is 0. The van der Waals surface area contributed by atoms with E-state index >= 15 is 0 Å². The van der Waals surface area contributed by atoms with Crippen LogP contribution in [0.2, 0.25) is 0 Å². The number of rotatable bonds is 6. The van der Waals surface area contributed by atoms with Crippen molar-refractivity contribution in [1.29, 1.82) is 0 Å². The van der Waals surface area contributed by atoms with Crippen LogP contribution in [0.5, 0.6) is 0 Å². The second kappa shape index (κ2) is 4.70. The van der Waals surface area contributed by atoms with Crippen molar-refractivity contribution < 1.29 is 0 Å². The Morgan fingerprint density at radius 3 is 2.93 bits per heavy atom. The molecule has 1 unspecified atom stereocenters. The van der Waals surface area contributed by atoms with Crippen molar-refractivity contribution in [2.45, 2.75) is 38.6 Å². The first-order chi connectivity index (χ1) is 7.24. The average Bonchev–Trinajstić information content (AvgIpc) is 2.95. The van der Waals surface area contributed by atoms with Crippen molar-refractivity contribution in [2.24, 2.45) is 13.0 Å². The lowest BCUT2D eigenvalue weighted by atomic mass is 10.1. The smallest absolute Gasteiger partial charge is 0.174 e. The second-order valence-corrected chi connectivity index (χ2v) is 4.52. The Morgan fingerprint density at radius 1 is 1.53 bits per heavy atom. The molecular formula is C10H19N5. The summed E-state index contributed by atoms with van der Waals surface area (Å²) in [6.07, 6.45) is 4.78. The quantitative estimate of drug-likeness (QED) is 0.742. The topological polar surface area (TPSA) is 55.6 Å². The van der Waals surface area contributed by atoms with Crippen molar-refractivity contribution in [3.63, 3.8) is 0 Å². The molecule has 15 heavy (non-hydrogen) atoms. The summed E-state index contributed by atoms with van der Waals surface area (Å²) in [5.74, 6) is 1.55. The molecule has 0 aliphatic heterocycles. The fourth-order valence-corrected chi connectivity index (χ4v) is 1.56. The maximum absolute atomic E-state index is 4.16. The van der Waals surface area contributed by atoms with Crippen LogP contribution in [0.3, 0.4) is 0 Å². The molecule has 5 nitrogen and oxygen atoms in total. The number of hydrogen-bond donors (Lipinski definition) is 1. The Hall–Kier alpha value is -0.970. The predicted molar refractivity (Wildman–Crippen MR) is 57.3 cm³/mol. The van der Waals surface area contributed by atoms with Gasteiger partial charge in [0.1, 0.15) is 0 Å². The van der Waals surface area contributed by atoms with Crippen molar-refractivity contribution >= 4 is 0 Å². The molecule has 0 aromatic carbocycles. The summed E-state index contributed by atoms with van der Waals surface area (Å²) < 4.78 is 0. The lowest BCUT2D eigenvalue weighted by Crippen LogP contribution is -2.23. The van der Waals surface area contributed by atoms with Crippen LogP contribution >= 0.6 is 0 Å². The molecule has 1 aromatic rings. The van der Waals surface area contributed by atoms with Crippen molar-refractivity contribution in [3.05, 3.63) is 5.82 Å².